The van der Waals surface area contributed by atoms with Crippen LogP contribution in [0.2, 0.25) is 0 Å². The van der Waals surface area contributed by atoms with Gasteiger partial charge in [-0.3, -0.25) is 9.36 Å². The molecule has 1 aliphatic rings. The number of fused-ring (bicyclic) bond motifs is 1. The normalized spacial score (nSPS) is 14.2. The van der Waals surface area contributed by atoms with E-state index < -0.39 is 12.0 Å². The van der Waals surface area contributed by atoms with Crippen molar-refractivity contribution in [3.05, 3.63) is 156 Å². The highest BCUT2D eigenvalue weighted by molar-refractivity contribution is 7.07. The van der Waals surface area contributed by atoms with Gasteiger partial charge < -0.3 is 14.2 Å². The van der Waals surface area contributed by atoms with E-state index >= 15 is 0 Å². The summed E-state index contributed by atoms with van der Waals surface area (Å²) in [6, 6.07) is 32.8. The van der Waals surface area contributed by atoms with Crippen molar-refractivity contribution in [1.29, 1.82) is 5.26 Å². The van der Waals surface area contributed by atoms with E-state index in [0.29, 0.717) is 37.7 Å². The average Bonchev–Trinajstić information content (AvgIpc) is 3.41. The number of aromatic nitrogens is 1. The predicted molar refractivity (Wildman–Crippen MR) is 176 cm³/mol. The summed E-state index contributed by atoms with van der Waals surface area (Å²) in [7, 11) is 1.57. The van der Waals surface area contributed by atoms with Crippen molar-refractivity contribution in [2.45, 2.75) is 19.6 Å². The van der Waals surface area contributed by atoms with Gasteiger partial charge >= 0.3 is 5.97 Å². The number of thiazole rings is 1. The maximum atomic E-state index is 14.1. The fourth-order valence-electron chi connectivity index (χ4n) is 5.30. The van der Waals surface area contributed by atoms with E-state index in [1.165, 1.54) is 11.3 Å². The summed E-state index contributed by atoms with van der Waals surface area (Å²) < 4.78 is 19.0. The summed E-state index contributed by atoms with van der Waals surface area (Å²) >= 11 is 1.26. The van der Waals surface area contributed by atoms with Crippen LogP contribution in [0.4, 0.5) is 0 Å². The zero-order valence-corrected chi connectivity index (χ0v) is 26.0. The lowest BCUT2D eigenvalue weighted by atomic mass is 9.93. The monoisotopic (exact) mass is 627 g/mol. The lowest BCUT2D eigenvalue weighted by Gasteiger charge is -2.26. The third-order valence-corrected chi connectivity index (χ3v) is 8.48. The van der Waals surface area contributed by atoms with Gasteiger partial charge in [0.05, 0.1) is 47.2 Å². The highest BCUT2D eigenvalue weighted by Crippen LogP contribution is 2.36. The summed E-state index contributed by atoms with van der Waals surface area (Å²) in [4.78, 5) is 33.1. The van der Waals surface area contributed by atoms with Crippen molar-refractivity contribution in [1.82, 2.24) is 4.57 Å². The van der Waals surface area contributed by atoms with E-state index in [2.05, 4.69) is 6.07 Å². The first-order valence-corrected chi connectivity index (χ1v) is 15.5. The molecule has 1 aliphatic heterocycles. The summed E-state index contributed by atoms with van der Waals surface area (Å²) in [5.41, 5.74) is 4.06. The topological polar surface area (TPSA) is 103 Å². The maximum Gasteiger partial charge on any atom is 0.338 e. The predicted octanol–water partition coefficient (Wildman–Crippen LogP) is 5.39. The van der Waals surface area contributed by atoms with E-state index in [9.17, 15) is 14.9 Å². The number of esters is 1. The van der Waals surface area contributed by atoms with Crippen LogP contribution in [-0.4, -0.2) is 24.3 Å². The first-order chi connectivity index (χ1) is 22.5. The average molecular weight is 628 g/mol. The van der Waals surface area contributed by atoms with Crippen LogP contribution >= 0.6 is 11.3 Å². The number of ether oxygens (including phenoxy) is 3. The van der Waals surface area contributed by atoms with Crippen LogP contribution in [0, 0.1) is 11.3 Å². The highest BCUT2D eigenvalue weighted by Gasteiger charge is 2.35. The summed E-state index contributed by atoms with van der Waals surface area (Å²) in [5.74, 6) is 0.690. The van der Waals surface area contributed by atoms with Gasteiger partial charge in [-0.2, -0.15) is 5.26 Å². The Kier molecular flexibility index (Phi) is 8.90. The van der Waals surface area contributed by atoms with Crippen LogP contribution < -0.4 is 24.4 Å². The molecule has 0 spiro atoms. The van der Waals surface area contributed by atoms with Crippen LogP contribution in [0.1, 0.15) is 40.8 Å². The zero-order valence-electron chi connectivity index (χ0n) is 25.2. The van der Waals surface area contributed by atoms with Gasteiger partial charge in [-0.05, 0) is 54.5 Å². The van der Waals surface area contributed by atoms with Gasteiger partial charge in [-0.25, -0.2) is 9.79 Å². The molecular weight excluding hydrogens is 598 g/mol. The SMILES string of the molecule is CCOC(=O)C1=C(c2ccccc2)N=c2s/c(=C/c3ccc(OCc4ccccc4C#N)cc3)c(=O)n2[C@H]1c1cccc(OC)c1. The van der Waals surface area contributed by atoms with Crippen molar-refractivity contribution in [3.8, 4) is 17.6 Å². The minimum absolute atomic E-state index is 0.171. The van der Waals surface area contributed by atoms with E-state index in [1.807, 2.05) is 97.1 Å². The van der Waals surface area contributed by atoms with Gasteiger partial charge in [-0.1, -0.05) is 84.1 Å². The summed E-state index contributed by atoms with van der Waals surface area (Å²) in [6.45, 7) is 2.18. The summed E-state index contributed by atoms with van der Waals surface area (Å²) in [6.07, 6.45) is 1.80. The van der Waals surface area contributed by atoms with Crippen LogP contribution in [0.25, 0.3) is 11.8 Å². The molecule has 4 aromatic carbocycles. The second kappa shape index (κ2) is 13.5. The standard InChI is InChI=1S/C37H29N3O5S/c1-3-44-36(42)32-33(25-10-5-4-6-11-25)39-37-40(34(32)26-14-9-15-30(21-26)43-2)35(41)31(46-37)20-24-16-18-29(19-17-24)45-23-28-13-8-7-12-27(28)22-38/h4-21,34H,3,23H2,1-2H3/b31-20+/t34-/m0/s1. The number of carbonyl (C=O) groups excluding carboxylic acids is 1. The molecule has 0 aliphatic carbocycles. The summed E-state index contributed by atoms with van der Waals surface area (Å²) in [5, 5.41) is 9.34. The molecule has 0 bridgehead atoms. The molecule has 2 heterocycles. The largest absolute Gasteiger partial charge is 0.497 e. The van der Waals surface area contributed by atoms with Crippen LogP contribution in [0.5, 0.6) is 11.5 Å². The lowest BCUT2D eigenvalue weighted by molar-refractivity contribution is -0.138. The molecule has 228 valence electrons. The Morgan fingerprint density at radius 1 is 0.978 bits per heavy atom. The number of methoxy groups -OCH3 is 1. The molecule has 0 saturated heterocycles. The number of nitrogens with zero attached hydrogens (tertiary/aromatic N) is 3. The third-order valence-electron chi connectivity index (χ3n) is 7.49. The van der Waals surface area contributed by atoms with Gasteiger partial charge in [-0.15, -0.1) is 0 Å². The smallest absolute Gasteiger partial charge is 0.338 e. The van der Waals surface area contributed by atoms with E-state index in [4.69, 9.17) is 19.2 Å². The van der Waals surface area contributed by atoms with E-state index in [0.717, 1.165) is 16.7 Å². The van der Waals surface area contributed by atoms with Gasteiger partial charge in [0.2, 0.25) is 0 Å². The third kappa shape index (κ3) is 6.11. The minimum atomic E-state index is -0.796. The fourth-order valence-corrected chi connectivity index (χ4v) is 6.30. The Hall–Kier alpha value is -5.72. The first-order valence-electron chi connectivity index (χ1n) is 14.6. The number of hydrogen-bond donors (Lipinski definition) is 0. The van der Waals surface area contributed by atoms with Crippen molar-refractivity contribution < 1.29 is 19.0 Å². The Morgan fingerprint density at radius 2 is 1.74 bits per heavy atom. The Labute approximate surface area is 269 Å². The maximum absolute atomic E-state index is 14.1. The minimum Gasteiger partial charge on any atom is -0.497 e. The zero-order chi connectivity index (χ0) is 32.0. The van der Waals surface area contributed by atoms with Gasteiger partial charge in [0.1, 0.15) is 18.1 Å². The molecule has 0 saturated carbocycles. The first kappa shape index (κ1) is 30.3. The molecule has 0 unspecified atom stereocenters. The molecule has 1 aromatic heterocycles. The Bertz CT molecular complexity index is 2160. The van der Waals surface area contributed by atoms with E-state index in [1.54, 1.807) is 30.7 Å². The van der Waals surface area contributed by atoms with Crippen LogP contribution in [-0.2, 0) is 16.1 Å². The molecule has 9 heteroatoms. The second-order valence-corrected chi connectivity index (χ2v) is 11.3. The fraction of sp³-hybridized carbons (Fsp3) is 0.135. The second-order valence-electron chi connectivity index (χ2n) is 10.3. The molecule has 1 atom stereocenters. The van der Waals surface area contributed by atoms with E-state index in [-0.39, 0.29) is 24.3 Å². The number of carbonyl (C=O) groups is 1. The van der Waals surface area contributed by atoms with Gasteiger partial charge in [0.15, 0.2) is 4.80 Å². The quantitative estimate of drug-likeness (QED) is 0.203. The van der Waals surface area contributed by atoms with Crippen LogP contribution in [0.15, 0.2) is 118 Å². The molecule has 0 fully saturated rings. The molecule has 5 aromatic rings. The Balaban J connectivity index is 1.44. The molecule has 6 rings (SSSR count). The van der Waals surface area contributed by atoms with Crippen molar-refractivity contribution in [2.75, 3.05) is 13.7 Å². The molecule has 46 heavy (non-hydrogen) atoms. The van der Waals surface area contributed by atoms with Gasteiger partial charge in [0, 0.05) is 11.1 Å². The lowest BCUT2D eigenvalue weighted by Crippen LogP contribution is -2.40. The number of hydrogen-bond acceptors (Lipinski definition) is 8. The number of rotatable bonds is 9. The van der Waals surface area contributed by atoms with Gasteiger partial charge in [0.25, 0.3) is 5.56 Å². The Morgan fingerprint density at radius 3 is 2.48 bits per heavy atom. The number of nitriles is 1. The molecule has 0 radical (unpaired) electrons. The number of benzene rings is 4. The van der Waals surface area contributed by atoms with Crippen molar-refractivity contribution in [2.24, 2.45) is 4.99 Å². The van der Waals surface area contributed by atoms with Crippen molar-refractivity contribution in [3.63, 3.8) is 0 Å². The molecular formula is C37H29N3O5S. The molecule has 0 amide bonds. The van der Waals surface area contributed by atoms with Crippen molar-refractivity contribution >= 4 is 29.1 Å². The highest BCUT2D eigenvalue weighted by atomic mass is 32.1. The molecule has 8 nitrogen and oxygen atoms in total. The van der Waals surface area contributed by atoms with Crippen LogP contribution in [0.3, 0.4) is 0 Å². The molecule has 0 N–H and O–H groups in total.